The lowest BCUT2D eigenvalue weighted by atomic mass is 10.1. The van der Waals surface area contributed by atoms with E-state index in [-0.39, 0.29) is 22.6 Å². The number of carbonyl (C=O) groups excluding carboxylic acids is 2. The Bertz CT molecular complexity index is 1100. The molecule has 0 saturated carbocycles. The van der Waals surface area contributed by atoms with Crippen LogP contribution in [0.2, 0.25) is 5.02 Å². The molecular formula is C18H15ClN2O6S. The molecule has 0 unspecified atom stereocenters. The molecule has 2 N–H and O–H groups in total. The minimum Gasteiger partial charge on any atom is -0.486 e. The molecule has 0 aromatic heterocycles. The van der Waals surface area contributed by atoms with Gasteiger partial charge in [0, 0.05) is 6.54 Å². The SMILES string of the molecule is O=C1NC(=O)c2cc(S(=O)(=O)NCCc3cc(Cl)c4c(c3)OCCO4)ccc21. The summed E-state index contributed by atoms with van der Waals surface area (Å²) in [4.78, 5) is 23.2. The topological polar surface area (TPSA) is 111 Å². The van der Waals surface area contributed by atoms with E-state index < -0.39 is 21.8 Å². The third kappa shape index (κ3) is 3.44. The zero-order valence-electron chi connectivity index (χ0n) is 14.5. The highest BCUT2D eigenvalue weighted by Gasteiger charge is 2.28. The van der Waals surface area contributed by atoms with Gasteiger partial charge in [-0.15, -0.1) is 0 Å². The average Bonchev–Trinajstić information content (AvgIpc) is 2.95. The van der Waals surface area contributed by atoms with Crippen molar-refractivity contribution in [1.82, 2.24) is 10.0 Å². The summed E-state index contributed by atoms with van der Waals surface area (Å²) in [6, 6.07) is 7.28. The van der Waals surface area contributed by atoms with Crippen molar-refractivity contribution < 1.29 is 27.5 Å². The van der Waals surface area contributed by atoms with E-state index in [2.05, 4.69) is 10.0 Å². The highest BCUT2D eigenvalue weighted by molar-refractivity contribution is 7.89. The number of nitrogens with one attached hydrogen (secondary N) is 2. The molecular weight excluding hydrogens is 408 g/mol. The van der Waals surface area contributed by atoms with E-state index >= 15 is 0 Å². The smallest absolute Gasteiger partial charge is 0.258 e. The van der Waals surface area contributed by atoms with Gasteiger partial charge in [0.05, 0.1) is 21.0 Å². The fraction of sp³-hybridized carbons (Fsp3) is 0.222. The second kappa shape index (κ2) is 7.08. The molecule has 146 valence electrons. The Morgan fingerprint density at radius 2 is 1.79 bits per heavy atom. The fourth-order valence-electron chi connectivity index (χ4n) is 3.04. The van der Waals surface area contributed by atoms with Crippen LogP contribution >= 0.6 is 11.6 Å². The van der Waals surface area contributed by atoms with Crippen LogP contribution < -0.4 is 19.5 Å². The van der Waals surface area contributed by atoms with Crippen molar-refractivity contribution in [3.05, 3.63) is 52.0 Å². The van der Waals surface area contributed by atoms with E-state index in [0.29, 0.717) is 36.2 Å². The number of fused-ring (bicyclic) bond motifs is 2. The summed E-state index contributed by atoms with van der Waals surface area (Å²) in [5.74, 6) is -0.121. The third-order valence-electron chi connectivity index (χ3n) is 4.38. The molecule has 10 heteroatoms. The number of amides is 2. The van der Waals surface area contributed by atoms with Gasteiger partial charge in [0.25, 0.3) is 11.8 Å². The first-order chi connectivity index (χ1) is 13.3. The van der Waals surface area contributed by atoms with Crippen LogP contribution in [0.1, 0.15) is 26.3 Å². The zero-order chi connectivity index (χ0) is 19.9. The molecule has 2 aromatic carbocycles. The van der Waals surface area contributed by atoms with Gasteiger partial charge in [0.2, 0.25) is 10.0 Å². The molecule has 0 spiro atoms. The Hall–Kier alpha value is -2.62. The minimum atomic E-state index is -3.85. The first-order valence-electron chi connectivity index (χ1n) is 8.42. The van der Waals surface area contributed by atoms with Gasteiger partial charge in [-0.25, -0.2) is 13.1 Å². The molecule has 2 aromatic rings. The molecule has 4 rings (SSSR count). The van der Waals surface area contributed by atoms with E-state index in [1.165, 1.54) is 18.2 Å². The summed E-state index contributed by atoms with van der Waals surface area (Å²) in [6.45, 7) is 0.963. The second-order valence-electron chi connectivity index (χ2n) is 6.24. The van der Waals surface area contributed by atoms with Gasteiger partial charge in [-0.05, 0) is 42.3 Å². The maximum Gasteiger partial charge on any atom is 0.258 e. The number of rotatable bonds is 5. The molecule has 0 radical (unpaired) electrons. The van der Waals surface area contributed by atoms with Crippen LogP contribution in [0.25, 0.3) is 0 Å². The molecule has 2 aliphatic heterocycles. The lowest BCUT2D eigenvalue weighted by Crippen LogP contribution is -2.26. The fourth-order valence-corrected chi connectivity index (χ4v) is 4.38. The first-order valence-corrected chi connectivity index (χ1v) is 10.3. The van der Waals surface area contributed by atoms with Crippen LogP contribution in [0, 0.1) is 0 Å². The lowest BCUT2D eigenvalue weighted by Gasteiger charge is -2.20. The number of sulfonamides is 1. The van der Waals surface area contributed by atoms with Gasteiger partial charge >= 0.3 is 0 Å². The maximum atomic E-state index is 12.5. The highest BCUT2D eigenvalue weighted by Crippen LogP contribution is 2.38. The predicted octanol–water partition coefficient (Wildman–Crippen LogP) is 1.52. The molecule has 2 amide bonds. The Kier molecular flexibility index (Phi) is 4.74. The Morgan fingerprint density at radius 3 is 2.61 bits per heavy atom. The summed E-state index contributed by atoms with van der Waals surface area (Å²) in [5.41, 5.74) is 0.997. The average molecular weight is 423 g/mol. The van der Waals surface area contributed by atoms with Crippen molar-refractivity contribution in [2.45, 2.75) is 11.3 Å². The van der Waals surface area contributed by atoms with Gasteiger partial charge in [-0.2, -0.15) is 0 Å². The van der Waals surface area contributed by atoms with E-state index in [1.807, 2.05) is 0 Å². The van der Waals surface area contributed by atoms with Gasteiger partial charge in [-0.3, -0.25) is 14.9 Å². The number of hydrogen-bond donors (Lipinski definition) is 2. The number of ether oxygens (including phenoxy) is 2. The normalized spacial score (nSPS) is 15.3. The third-order valence-corrected chi connectivity index (χ3v) is 6.12. The summed E-state index contributed by atoms with van der Waals surface area (Å²) < 4.78 is 38.5. The van der Waals surface area contributed by atoms with Gasteiger partial charge in [-0.1, -0.05) is 11.6 Å². The monoisotopic (exact) mass is 422 g/mol. The van der Waals surface area contributed by atoms with Crippen LogP contribution in [0.5, 0.6) is 11.5 Å². The molecule has 28 heavy (non-hydrogen) atoms. The van der Waals surface area contributed by atoms with Crippen molar-refractivity contribution in [2.75, 3.05) is 19.8 Å². The van der Waals surface area contributed by atoms with E-state index in [4.69, 9.17) is 21.1 Å². The van der Waals surface area contributed by atoms with Crippen LogP contribution in [0.4, 0.5) is 0 Å². The Morgan fingerprint density at radius 1 is 1.04 bits per heavy atom. The molecule has 2 aliphatic rings. The number of halogens is 1. The van der Waals surface area contributed by atoms with Crippen molar-refractivity contribution in [1.29, 1.82) is 0 Å². The molecule has 8 nitrogen and oxygen atoms in total. The van der Waals surface area contributed by atoms with Gasteiger partial charge in [0.1, 0.15) is 13.2 Å². The number of carbonyl (C=O) groups is 2. The first kappa shape index (κ1) is 18.7. The summed E-state index contributed by atoms with van der Waals surface area (Å²) in [6.07, 6.45) is 0.375. The van der Waals surface area contributed by atoms with Crippen LogP contribution in [0.3, 0.4) is 0 Å². The molecule has 0 bridgehead atoms. The maximum absolute atomic E-state index is 12.5. The standard InChI is InChI=1S/C18H15ClN2O6S/c19-14-7-10(8-15-16(14)27-6-5-26-15)3-4-20-28(24,25)11-1-2-12-13(9-11)18(23)21-17(12)22/h1-2,7-9,20H,3-6H2,(H,21,22,23). The highest BCUT2D eigenvalue weighted by atomic mass is 35.5. The Balaban J connectivity index is 1.47. The molecule has 2 heterocycles. The van der Waals surface area contributed by atoms with Crippen LogP contribution in [-0.4, -0.2) is 40.0 Å². The predicted molar refractivity (Wildman–Crippen MR) is 99.6 cm³/mol. The number of hydrogen-bond acceptors (Lipinski definition) is 6. The summed E-state index contributed by atoms with van der Waals surface area (Å²) in [7, 11) is -3.85. The van der Waals surface area contributed by atoms with E-state index in [9.17, 15) is 18.0 Å². The number of imide groups is 1. The van der Waals surface area contributed by atoms with Crippen molar-refractivity contribution in [3.63, 3.8) is 0 Å². The van der Waals surface area contributed by atoms with E-state index in [1.54, 1.807) is 12.1 Å². The zero-order valence-corrected chi connectivity index (χ0v) is 16.0. The summed E-state index contributed by atoms with van der Waals surface area (Å²) >= 11 is 6.18. The van der Waals surface area contributed by atoms with Crippen molar-refractivity contribution in [2.24, 2.45) is 0 Å². The van der Waals surface area contributed by atoms with Crippen LogP contribution in [-0.2, 0) is 16.4 Å². The molecule has 0 atom stereocenters. The quantitative estimate of drug-likeness (QED) is 0.707. The van der Waals surface area contributed by atoms with Gasteiger partial charge in [0.15, 0.2) is 11.5 Å². The molecule has 0 saturated heterocycles. The summed E-state index contributed by atoms with van der Waals surface area (Å²) in [5, 5.41) is 2.53. The van der Waals surface area contributed by atoms with Gasteiger partial charge < -0.3 is 9.47 Å². The van der Waals surface area contributed by atoms with Crippen molar-refractivity contribution in [3.8, 4) is 11.5 Å². The Labute approximate surface area is 165 Å². The lowest BCUT2D eigenvalue weighted by molar-refractivity contribution is 0.0879. The largest absolute Gasteiger partial charge is 0.486 e. The minimum absolute atomic E-state index is 0.0477. The van der Waals surface area contributed by atoms with Crippen molar-refractivity contribution >= 4 is 33.4 Å². The number of benzene rings is 2. The second-order valence-corrected chi connectivity index (χ2v) is 8.41. The van der Waals surface area contributed by atoms with E-state index in [0.717, 1.165) is 5.56 Å². The molecule has 0 fully saturated rings. The molecule has 0 aliphatic carbocycles. The van der Waals surface area contributed by atoms with Crippen LogP contribution in [0.15, 0.2) is 35.2 Å².